The smallest absolute Gasteiger partial charge is 0.311 e. The molecule has 114 valence electrons. The Labute approximate surface area is 129 Å². The van der Waals surface area contributed by atoms with Crippen LogP contribution in [0.1, 0.15) is 34.9 Å². The predicted octanol–water partition coefficient (Wildman–Crippen LogP) is 3.42. The number of carboxylic acids is 2. The zero-order valence-electron chi connectivity index (χ0n) is 12.3. The van der Waals surface area contributed by atoms with Gasteiger partial charge in [0.25, 0.3) is 0 Å². The summed E-state index contributed by atoms with van der Waals surface area (Å²) in [6.45, 7) is 1.92. The van der Waals surface area contributed by atoms with E-state index in [-0.39, 0.29) is 6.42 Å². The quantitative estimate of drug-likeness (QED) is 0.857. The highest BCUT2D eigenvalue weighted by Gasteiger charge is 2.32. The van der Waals surface area contributed by atoms with E-state index in [1.54, 1.807) is 36.4 Å². The zero-order chi connectivity index (χ0) is 16.1. The third-order valence-corrected chi connectivity index (χ3v) is 3.73. The van der Waals surface area contributed by atoms with Gasteiger partial charge in [0.15, 0.2) is 0 Å². The van der Waals surface area contributed by atoms with Gasteiger partial charge in [0.1, 0.15) is 0 Å². The van der Waals surface area contributed by atoms with Gasteiger partial charge in [-0.3, -0.25) is 9.59 Å². The molecule has 0 aromatic heterocycles. The summed E-state index contributed by atoms with van der Waals surface area (Å²) in [5, 5.41) is 18.8. The van der Waals surface area contributed by atoms with Crippen molar-refractivity contribution in [3.8, 4) is 0 Å². The monoisotopic (exact) mass is 298 g/mol. The van der Waals surface area contributed by atoms with Crippen molar-refractivity contribution in [3.05, 3.63) is 71.3 Å². The lowest BCUT2D eigenvalue weighted by molar-refractivity contribution is -0.140. The van der Waals surface area contributed by atoms with Gasteiger partial charge in [-0.25, -0.2) is 0 Å². The largest absolute Gasteiger partial charge is 0.481 e. The third-order valence-electron chi connectivity index (χ3n) is 3.73. The Morgan fingerprint density at radius 1 is 0.909 bits per heavy atom. The molecule has 2 aromatic carbocycles. The fraction of sp³-hybridized carbons (Fsp3) is 0.222. The minimum Gasteiger partial charge on any atom is -0.481 e. The number of aryl methyl sites for hydroxylation is 1. The van der Waals surface area contributed by atoms with E-state index in [0.717, 1.165) is 11.1 Å². The molecule has 2 unspecified atom stereocenters. The molecule has 22 heavy (non-hydrogen) atoms. The van der Waals surface area contributed by atoms with Crippen molar-refractivity contribution in [1.82, 2.24) is 0 Å². The number of hydrogen-bond donors (Lipinski definition) is 2. The van der Waals surface area contributed by atoms with Crippen LogP contribution in [0.3, 0.4) is 0 Å². The Hall–Kier alpha value is -2.62. The van der Waals surface area contributed by atoms with Crippen molar-refractivity contribution in [3.63, 3.8) is 0 Å². The molecule has 0 fully saturated rings. The zero-order valence-corrected chi connectivity index (χ0v) is 12.3. The maximum atomic E-state index is 11.8. The maximum absolute atomic E-state index is 11.8. The summed E-state index contributed by atoms with van der Waals surface area (Å²) >= 11 is 0. The lowest BCUT2D eigenvalue weighted by Gasteiger charge is -2.23. The molecule has 0 bridgehead atoms. The van der Waals surface area contributed by atoms with Gasteiger partial charge in [-0.2, -0.15) is 0 Å². The standard InChI is InChI=1S/C18H18O4/c1-12-7-9-14(10-8-12)17(18(21)22)15(11-16(19)20)13-5-3-2-4-6-13/h2-10,15,17H,11H2,1H3,(H,19,20)(H,21,22). The lowest BCUT2D eigenvalue weighted by atomic mass is 9.79. The summed E-state index contributed by atoms with van der Waals surface area (Å²) in [6, 6.07) is 16.1. The van der Waals surface area contributed by atoms with Crippen molar-refractivity contribution in [2.24, 2.45) is 0 Å². The van der Waals surface area contributed by atoms with Gasteiger partial charge in [0.05, 0.1) is 12.3 Å². The number of aliphatic carboxylic acids is 2. The number of carboxylic acid groups (broad SMARTS) is 2. The number of carbonyl (C=O) groups is 2. The van der Waals surface area contributed by atoms with Crippen molar-refractivity contribution < 1.29 is 19.8 Å². The topological polar surface area (TPSA) is 74.6 Å². The highest BCUT2D eigenvalue weighted by Crippen LogP contribution is 2.36. The van der Waals surface area contributed by atoms with E-state index in [1.165, 1.54) is 0 Å². The molecular weight excluding hydrogens is 280 g/mol. The van der Waals surface area contributed by atoms with Gasteiger partial charge < -0.3 is 10.2 Å². The first-order chi connectivity index (χ1) is 10.5. The summed E-state index contributed by atoms with van der Waals surface area (Å²) in [6.07, 6.45) is -0.227. The highest BCUT2D eigenvalue weighted by molar-refractivity contribution is 5.79. The van der Waals surface area contributed by atoms with Crippen molar-refractivity contribution in [2.75, 3.05) is 0 Å². The Kier molecular flexibility index (Phi) is 4.94. The van der Waals surface area contributed by atoms with Crippen LogP contribution in [0.4, 0.5) is 0 Å². The van der Waals surface area contributed by atoms with Gasteiger partial charge in [-0.1, -0.05) is 60.2 Å². The van der Waals surface area contributed by atoms with Crippen LogP contribution in [0.25, 0.3) is 0 Å². The van der Waals surface area contributed by atoms with Crippen LogP contribution in [0.15, 0.2) is 54.6 Å². The van der Waals surface area contributed by atoms with Crippen molar-refractivity contribution in [1.29, 1.82) is 0 Å². The van der Waals surface area contributed by atoms with Crippen LogP contribution in [-0.4, -0.2) is 22.2 Å². The number of hydrogen-bond acceptors (Lipinski definition) is 2. The van der Waals surface area contributed by atoms with E-state index in [0.29, 0.717) is 5.56 Å². The average Bonchev–Trinajstić information content (AvgIpc) is 2.49. The highest BCUT2D eigenvalue weighted by atomic mass is 16.4. The normalized spacial score (nSPS) is 13.3. The van der Waals surface area contributed by atoms with E-state index in [2.05, 4.69) is 0 Å². The van der Waals surface area contributed by atoms with Gasteiger partial charge in [0, 0.05) is 5.92 Å². The maximum Gasteiger partial charge on any atom is 0.311 e. The molecule has 2 atom stereocenters. The summed E-state index contributed by atoms with van der Waals surface area (Å²) in [5.41, 5.74) is 2.37. The second-order valence-electron chi connectivity index (χ2n) is 5.34. The first-order valence-electron chi connectivity index (χ1n) is 7.05. The van der Waals surface area contributed by atoms with Gasteiger partial charge in [0.2, 0.25) is 0 Å². The van der Waals surface area contributed by atoms with E-state index < -0.39 is 23.8 Å². The van der Waals surface area contributed by atoms with Crippen LogP contribution in [-0.2, 0) is 9.59 Å². The molecule has 2 N–H and O–H groups in total. The molecule has 0 spiro atoms. The SMILES string of the molecule is Cc1ccc(C(C(=O)O)C(CC(=O)O)c2ccccc2)cc1. The second-order valence-corrected chi connectivity index (χ2v) is 5.34. The summed E-state index contributed by atoms with van der Waals surface area (Å²) in [7, 11) is 0. The molecule has 0 heterocycles. The summed E-state index contributed by atoms with van der Waals surface area (Å²) < 4.78 is 0. The van der Waals surface area contributed by atoms with Crippen LogP contribution in [0.2, 0.25) is 0 Å². The summed E-state index contributed by atoms with van der Waals surface area (Å²) in [4.78, 5) is 23.0. The summed E-state index contributed by atoms with van der Waals surface area (Å²) in [5.74, 6) is -3.52. The van der Waals surface area contributed by atoms with Crippen LogP contribution in [0.5, 0.6) is 0 Å². The van der Waals surface area contributed by atoms with Gasteiger partial charge >= 0.3 is 11.9 Å². The van der Waals surface area contributed by atoms with Gasteiger partial charge in [-0.05, 0) is 18.1 Å². The average molecular weight is 298 g/mol. The minimum atomic E-state index is -1.01. The van der Waals surface area contributed by atoms with E-state index >= 15 is 0 Å². The molecule has 4 nitrogen and oxygen atoms in total. The van der Waals surface area contributed by atoms with E-state index in [4.69, 9.17) is 0 Å². The van der Waals surface area contributed by atoms with Crippen LogP contribution in [0, 0.1) is 6.92 Å². The molecule has 0 aliphatic carbocycles. The Morgan fingerprint density at radius 2 is 1.50 bits per heavy atom. The van der Waals surface area contributed by atoms with E-state index in [9.17, 15) is 19.8 Å². The predicted molar refractivity (Wildman–Crippen MR) is 83.0 cm³/mol. The fourth-order valence-electron chi connectivity index (χ4n) is 2.64. The lowest BCUT2D eigenvalue weighted by Crippen LogP contribution is -2.22. The molecule has 0 aliphatic heterocycles. The number of rotatable bonds is 6. The molecule has 2 rings (SSSR count). The Bertz CT molecular complexity index is 647. The van der Waals surface area contributed by atoms with Crippen molar-refractivity contribution in [2.45, 2.75) is 25.2 Å². The third kappa shape index (κ3) is 3.73. The Morgan fingerprint density at radius 3 is 2.00 bits per heavy atom. The van der Waals surface area contributed by atoms with Gasteiger partial charge in [-0.15, -0.1) is 0 Å². The molecule has 2 aromatic rings. The van der Waals surface area contributed by atoms with Crippen LogP contribution >= 0.6 is 0 Å². The van der Waals surface area contributed by atoms with Crippen LogP contribution < -0.4 is 0 Å². The molecule has 0 radical (unpaired) electrons. The van der Waals surface area contributed by atoms with Crippen molar-refractivity contribution >= 4 is 11.9 Å². The first kappa shape index (κ1) is 15.8. The fourth-order valence-corrected chi connectivity index (χ4v) is 2.64. The molecule has 0 saturated carbocycles. The molecule has 0 amide bonds. The first-order valence-corrected chi connectivity index (χ1v) is 7.05. The molecule has 0 aliphatic rings. The molecular formula is C18H18O4. The molecule has 4 heteroatoms. The Balaban J connectivity index is 2.47. The minimum absolute atomic E-state index is 0.227. The second kappa shape index (κ2) is 6.89. The molecule has 0 saturated heterocycles. The number of benzene rings is 2. The van der Waals surface area contributed by atoms with E-state index in [1.807, 2.05) is 25.1 Å².